The fourth-order valence-electron chi connectivity index (χ4n) is 5.90. The van der Waals surface area contributed by atoms with Crippen molar-refractivity contribution in [2.45, 2.75) is 69.4 Å². The van der Waals surface area contributed by atoms with Crippen LogP contribution in [0.1, 0.15) is 66.4 Å². The number of nitrogens with one attached hydrogen (secondary N) is 1. The van der Waals surface area contributed by atoms with Crippen molar-refractivity contribution in [1.82, 2.24) is 9.62 Å². The molecule has 10 heteroatoms. The molecule has 0 radical (unpaired) electrons. The van der Waals surface area contributed by atoms with E-state index < -0.39 is 27.9 Å². The van der Waals surface area contributed by atoms with Crippen LogP contribution in [0.2, 0.25) is 0 Å². The van der Waals surface area contributed by atoms with E-state index in [0.717, 1.165) is 36.0 Å². The van der Waals surface area contributed by atoms with Crippen LogP contribution >= 0.6 is 11.8 Å². The van der Waals surface area contributed by atoms with E-state index in [0.29, 0.717) is 41.5 Å². The monoisotopic (exact) mass is 652 g/mol. The molecule has 1 aliphatic rings. The first-order valence-electron chi connectivity index (χ1n) is 15.5. The number of methoxy groups -OCH3 is 1. The van der Waals surface area contributed by atoms with Gasteiger partial charge >= 0.3 is 5.97 Å². The summed E-state index contributed by atoms with van der Waals surface area (Å²) in [5, 5.41) is 12.4. The van der Waals surface area contributed by atoms with Gasteiger partial charge in [-0.05, 0) is 96.3 Å². The average Bonchev–Trinajstić information content (AvgIpc) is 3.05. The Hall–Kier alpha value is -3.34. The number of aliphatic carboxylic acids is 1. The van der Waals surface area contributed by atoms with Crippen molar-refractivity contribution in [2.75, 3.05) is 25.7 Å². The number of hydrogen-bond donors (Lipinski definition) is 2. The van der Waals surface area contributed by atoms with Gasteiger partial charge < -0.3 is 15.2 Å². The van der Waals surface area contributed by atoms with Crippen molar-refractivity contribution in [1.29, 1.82) is 0 Å². The van der Waals surface area contributed by atoms with E-state index in [4.69, 9.17) is 4.74 Å². The lowest BCUT2D eigenvalue weighted by Crippen LogP contribution is -2.41. The third-order valence-electron chi connectivity index (χ3n) is 8.55. The zero-order valence-electron chi connectivity index (χ0n) is 26.3. The smallest absolute Gasteiger partial charge is 0.326 e. The summed E-state index contributed by atoms with van der Waals surface area (Å²) in [6.07, 6.45) is 8.81. The topological polar surface area (TPSA) is 113 Å². The fourth-order valence-corrected chi connectivity index (χ4v) is 7.82. The fraction of sp³-hybridized carbons (Fsp3) is 0.429. The Bertz CT molecular complexity index is 1550. The molecule has 1 atom stereocenters. The maximum Gasteiger partial charge on any atom is 0.326 e. The van der Waals surface area contributed by atoms with Gasteiger partial charge in [0.05, 0.1) is 12.0 Å². The predicted octanol–water partition coefficient (Wildman–Crippen LogP) is 6.77. The van der Waals surface area contributed by atoms with Crippen molar-refractivity contribution in [3.63, 3.8) is 0 Å². The summed E-state index contributed by atoms with van der Waals surface area (Å²) in [4.78, 5) is 25.6. The lowest BCUT2D eigenvalue weighted by Gasteiger charge is -2.27. The second kappa shape index (κ2) is 16.3. The van der Waals surface area contributed by atoms with Gasteiger partial charge in [-0.2, -0.15) is 16.1 Å². The molecule has 242 valence electrons. The van der Waals surface area contributed by atoms with E-state index in [1.807, 2.05) is 43.5 Å². The van der Waals surface area contributed by atoms with Crippen LogP contribution in [0.3, 0.4) is 0 Å². The molecule has 2 N–H and O–H groups in total. The molecule has 0 unspecified atom stereocenters. The van der Waals surface area contributed by atoms with E-state index in [2.05, 4.69) is 5.32 Å². The quantitative estimate of drug-likeness (QED) is 0.186. The molecular formula is C35H44N2O6S2. The molecule has 0 saturated heterocycles. The normalized spacial score (nSPS) is 14.7. The minimum Gasteiger partial charge on any atom is -0.497 e. The molecule has 0 aliphatic heterocycles. The van der Waals surface area contributed by atoms with Crippen LogP contribution in [-0.4, -0.2) is 61.4 Å². The maximum atomic E-state index is 14.0. The third-order valence-corrected chi connectivity index (χ3v) is 11.0. The summed E-state index contributed by atoms with van der Waals surface area (Å²) in [7, 11) is -2.30. The van der Waals surface area contributed by atoms with Gasteiger partial charge in [-0.1, -0.05) is 62.4 Å². The Morgan fingerprint density at radius 2 is 1.73 bits per heavy atom. The van der Waals surface area contributed by atoms with Gasteiger partial charge in [-0.15, -0.1) is 0 Å². The number of hydrogen-bond acceptors (Lipinski definition) is 6. The molecule has 0 heterocycles. The summed E-state index contributed by atoms with van der Waals surface area (Å²) in [6, 6.07) is 18.4. The van der Waals surface area contributed by atoms with Crippen LogP contribution in [0.5, 0.6) is 5.75 Å². The van der Waals surface area contributed by atoms with Gasteiger partial charge in [0.15, 0.2) is 0 Å². The SMILES string of the molecule is COc1ccc(S(=O)(=O)N(CCC2CCCCC2)Cc2ccc(C(=O)N[C@@H](CCSC)C(=O)O)c(-c3ccccc3C)c2)cc1. The Kier molecular flexibility index (Phi) is 12.5. The van der Waals surface area contributed by atoms with Crippen molar-refractivity contribution >= 4 is 33.7 Å². The first-order chi connectivity index (χ1) is 21.6. The minimum atomic E-state index is -3.84. The van der Waals surface area contributed by atoms with Gasteiger partial charge in [0.1, 0.15) is 11.8 Å². The number of benzene rings is 3. The van der Waals surface area contributed by atoms with Gasteiger partial charge in [0, 0.05) is 18.7 Å². The number of carboxylic acids is 1. The Labute approximate surface area is 271 Å². The summed E-state index contributed by atoms with van der Waals surface area (Å²) >= 11 is 1.52. The number of thioether (sulfide) groups is 1. The molecule has 1 saturated carbocycles. The number of sulfonamides is 1. The molecule has 4 rings (SSSR count). The van der Waals surface area contributed by atoms with E-state index >= 15 is 0 Å². The highest BCUT2D eigenvalue weighted by Gasteiger charge is 2.28. The van der Waals surface area contributed by atoms with Gasteiger partial charge in [0.2, 0.25) is 10.0 Å². The zero-order valence-corrected chi connectivity index (χ0v) is 28.0. The number of carboxylic acid groups (broad SMARTS) is 1. The van der Waals surface area contributed by atoms with Crippen LogP contribution in [0.15, 0.2) is 71.6 Å². The number of nitrogens with zero attached hydrogens (tertiary/aromatic N) is 1. The highest BCUT2D eigenvalue weighted by Crippen LogP contribution is 2.31. The summed E-state index contributed by atoms with van der Waals surface area (Å²) in [5.74, 6) is 0.115. The first-order valence-corrected chi connectivity index (χ1v) is 18.3. The second-order valence-corrected chi connectivity index (χ2v) is 14.6. The highest BCUT2D eigenvalue weighted by molar-refractivity contribution is 7.98. The number of aryl methyl sites for hydroxylation is 1. The first kappa shape index (κ1) is 34.5. The Morgan fingerprint density at radius 1 is 1.02 bits per heavy atom. The molecule has 0 aromatic heterocycles. The largest absolute Gasteiger partial charge is 0.497 e. The van der Waals surface area contributed by atoms with Crippen LogP contribution in [-0.2, 0) is 21.4 Å². The van der Waals surface area contributed by atoms with Gasteiger partial charge in [-0.3, -0.25) is 4.79 Å². The van der Waals surface area contributed by atoms with Crippen LogP contribution in [0.25, 0.3) is 11.1 Å². The summed E-state index contributed by atoms with van der Waals surface area (Å²) < 4.78 is 34.8. The lowest BCUT2D eigenvalue weighted by atomic mass is 9.87. The molecule has 3 aromatic rings. The van der Waals surface area contributed by atoms with E-state index in [9.17, 15) is 23.1 Å². The number of ether oxygens (including phenoxy) is 1. The summed E-state index contributed by atoms with van der Waals surface area (Å²) in [5.41, 5.74) is 3.48. The molecule has 8 nitrogen and oxygen atoms in total. The van der Waals surface area contributed by atoms with E-state index in [-0.39, 0.29) is 11.4 Å². The van der Waals surface area contributed by atoms with E-state index in [1.54, 1.807) is 47.8 Å². The van der Waals surface area contributed by atoms with Gasteiger partial charge in [-0.25, -0.2) is 13.2 Å². The minimum absolute atomic E-state index is 0.132. The van der Waals surface area contributed by atoms with Crippen molar-refractivity contribution in [3.8, 4) is 16.9 Å². The maximum absolute atomic E-state index is 14.0. The molecule has 3 aromatic carbocycles. The third kappa shape index (κ3) is 9.11. The summed E-state index contributed by atoms with van der Waals surface area (Å²) in [6.45, 7) is 2.47. The molecule has 1 amide bonds. The zero-order chi connectivity index (χ0) is 32.4. The van der Waals surface area contributed by atoms with Gasteiger partial charge in [0.25, 0.3) is 5.91 Å². The number of carbonyl (C=O) groups is 2. The van der Waals surface area contributed by atoms with Crippen molar-refractivity contribution < 1.29 is 27.9 Å². The molecule has 1 aliphatic carbocycles. The second-order valence-electron chi connectivity index (χ2n) is 11.6. The molecule has 0 spiro atoms. The number of amides is 1. The molecule has 0 bridgehead atoms. The van der Waals surface area contributed by atoms with Crippen molar-refractivity contribution in [2.24, 2.45) is 5.92 Å². The number of rotatable bonds is 15. The number of carbonyl (C=O) groups excluding carboxylic acids is 1. The van der Waals surface area contributed by atoms with Crippen LogP contribution in [0.4, 0.5) is 0 Å². The Balaban J connectivity index is 1.70. The Morgan fingerprint density at radius 3 is 2.38 bits per heavy atom. The highest BCUT2D eigenvalue weighted by atomic mass is 32.2. The van der Waals surface area contributed by atoms with Crippen molar-refractivity contribution in [3.05, 3.63) is 83.4 Å². The lowest BCUT2D eigenvalue weighted by molar-refractivity contribution is -0.139. The van der Waals surface area contributed by atoms with Crippen LogP contribution in [0, 0.1) is 12.8 Å². The standard InChI is InChI=1S/C35H44N2O6S2/c1-25-9-7-8-12-30(25)32-23-27(13-18-31(32)34(38)36-33(35(39)40)20-22-44-3)24-37(21-19-26-10-5-4-6-11-26)45(41,42)29-16-14-28(43-2)15-17-29/h7-9,12-18,23,26,33H,4-6,10-11,19-22,24H2,1-3H3,(H,36,38)(H,39,40)/t33-/m0/s1. The molecular weight excluding hydrogens is 609 g/mol. The van der Waals surface area contributed by atoms with E-state index in [1.165, 1.54) is 31.0 Å². The predicted molar refractivity (Wildman–Crippen MR) is 180 cm³/mol. The molecule has 1 fully saturated rings. The molecule has 45 heavy (non-hydrogen) atoms. The average molecular weight is 653 g/mol. The van der Waals surface area contributed by atoms with Crippen LogP contribution < -0.4 is 10.1 Å².